The number of nitrogens with zero attached hydrogens (tertiary/aromatic N) is 2. The molecule has 0 aliphatic carbocycles. The van der Waals surface area contributed by atoms with Gasteiger partial charge in [0.2, 0.25) is 5.78 Å². The predicted octanol–water partition coefficient (Wildman–Crippen LogP) is 7.88. The molecule has 0 aliphatic rings. The van der Waals surface area contributed by atoms with Crippen molar-refractivity contribution < 1.29 is 9.90 Å². The fourth-order valence-electron chi connectivity index (χ4n) is 5.42. The molecule has 0 aliphatic heterocycles. The molecule has 0 saturated heterocycles. The first-order valence-corrected chi connectivity index (χ1v) is 14.0. The van der Waals surface area contributed by atoms with Gasteiger partial charge in [-0.3, -0.25) is 4.79 Å². The highest BCUT2D eigenvalue weighted by Gasteiger charge is 2.26. The minimum absolute atomic E-state index is 0.209. The van der Waals surface area contributed by atoms with E-state index in [1.165, 1.54) is 0 Å². The molecular weight excluding hydrogens is 518 g/mol. The fraction of sp³-hybridized carbons (Fsp3) is 0.108. The summed E-state index contributed by atoms with van der Waals surface area (Å²) in [5.74, 6) is -0.262. The number of aliphatic hydroxyl groups excluding tert-OH is 1. The van der Waals surface area contributed by atoms with Gasteiger partial charge in [0.25, 0.3) is 0 Å². The van der Waals surface area contributed by atoms with E-state index in [4.69, 9.17) is 10.4 Å². The van der Waals surface area contributed by atoms with Crippen LogP contribution in [0.5, 0.6) is 0 Å². The van der Waals surface area contributed by atoms with E-state index in [1.54, 1.807) is 4.90 Å². The zero-order valence-corrected chi connectivity index (χ0v) is 23.6. The Morgan fingerprint density at radius 2 is 1.31 bits per heavy atom. The molecule has 1 aromatic heterocycles. The first-order chi connectivity index (χ1) is 20.4. The van der Waals surface area contributed by atoms with Crippen LogP contribution in [0.3, 0.4) is 0 Å². The number of hydrogen-bond donors (Lipinski definition) is 2. The molecule has 0 amide bonds. The molecule has 5 nitrogen and oxygen atoms in total. The van der Waals surface area contributed by atoms with Crippen LogP contribution >= 0.6 is 0 Å². The Morgan fingerprint density at radius 1 is 0.762 bits per heavy atom. The molecule has 5 heteroatoms. The van der Waals surface area contributed by atoms with Gasteiger partial charge in [0, 0.05) is 12.1 Å². The maximum absolute atomic E-state index is 12.9. The Labute approximate surface area is 245 Å². The van der Waals surface area contributed by atoms with Crippen molar-refractivity contribution in [2.24, 2.45) is 0 Å². The highest BCUT2D eigenvalue weighted by Crippen LogP contribution is 2.34. The van der Waals surface area contributed by atoms with Crippen molar-refractivity contribution in [1.82, 2.24) is 4.98 Å². The van der Waals surface area contributed by atoms with Crippen LogP contribution in [0.15, 0.2) is 115 Å². The van der Waals surface area contributed by atoms with E-state index in [9.17, 15) is 9.90 Å². The van der Waals surface area contributed by atoms with Gasteiger partial charge in [0.1, 0.15) is 5.82 Å². The zero-order chi connectivity index (χ0) is 29.2. The molecule has 1 atom stereocenters. The van der Waals surface area contributed by atoms with Crippen LogP contribution in [0.4, 0.5) is 5.82 Å². The number of rotatable bonds is 8. The number of ketones is 1. The second-order valence-corrected chi connectivity index (χ2v) is 10.7. The summed E-state index contributed by atoms with van der Waals surface area (Å²) in [6.45, 7) is 4.30. The number of aromatic nitrogens is 1. The molecule has 6 aromatic rings. The summed E-state index contributed by atoms with van der Waals surface area (Å²) in [6, 6.07) is 38.8. The summed E-state index contributed by atoms with van der Waals surface area (Å²) in [5.41, 5.74) is 6.84. The molecular formula is C37H31N3O2. The molecule has 1 heterocycles. The van der Waals surface area contributed by atoms with Crippen molar-refractivity contribution in [3.05, 3.63) is 132 Å². The lowest BCUT2D eigenvalue weighted by atomic mass is 9.96. The standard InChI is InChI=1S/C37H31N3O2/c1-24-11-15-26(16-12-24)30-20-34(27-17-13-25(2)14-18-27)39-36(21-30)40(37(42)35(41)22-38)23-33-31-9-5-3-7-28(31)19-29-8-4-6-10-32(29)33/h3-22,37-38,42H,23H2,1-2H3. The molecule has 6 rings (SSSR count). The molecule has 0 saturated carbocycles. The van der Waals surface area contributed by atoms with Crippen molar-refractivity contribution in [3.63, 3.8) is 0 Å². The quantitative estimate of drug-likeness (QED) is 0.115. The topological polar surface area (TPSA) is 77.3 Å². The Balaban J connectivity index is 1.58. The van der Waals surface area contributed by atoms with Crippen molar-refractivity contribution in [3.8, 4) is 22.4 Å². The van der Waals surface area contributed by atoms with Crippen LogP contribution in [-0.2, 0) is 11.3 Å². The number of carbonyl (C=O) groups is 1. The van der Waals surface area contributed by atoms with Crippen molar-refractivity contribution >= 4 is 39.4 Å². The summed E-state index contributed by atoms with van der Waals surface area (Å²) in [4.78, 5) is 19.5. The van der Waals surface area contributed by atoms with E-state index in [0.29, 0.717) is 12.0 Å². The number of hydrogen-bond acceptors (Lipinski definition) is 5. The highest BCUT2D eigenvalue weighted by molar-refractivity contribution is 6.28. The number of carbonyl (C=O) groups excluding carboxylic acids is 1. The Kier molecular flexibility index (Phi) is 7.34. The number of aliphatic hydroxyl groups is 1. The van der Waals surface area contributed by atoms with Gasteiger partial charge in [-0.15, -0.1) is 0 Å². The molecule has 5 aromatic carbocycles. The molecule has 0 radical (unpaired) electrons. The summed E-state index contributed by atoms with van der Waals surface area (Å²) in [7, 11) is 0. The van der Waals surface area contributed by atoms with Gasteiger partial charge in [-0.1, -0.05) is 108 Å². The van der Waals surface area contributed by atoms with Crippen LogP contribution < -0.4 is 4.90 Å². The predicted molar refractivity (Wildman–Crippen MR) is 172 cm³/mol. The number of pyridine rings is 1. The van der Waals surface area contributed by atoms with Gasteiger partial charge >= 0.3 is 0 Å². The third kappa shape index (κ3) is 5.30. The lowest BCUT2D eigenvalue weighted by Crippen LogP contribution is -2.42. The van der Waals surface area contributed by atoms with E-state index in [0.717, 1.165) is 60.6 Å². The van der Waals surface area contributed by atoms with Gasteiger partial charge in [-0.2, -0.15) is 0 Å². The van der Waals surface area contributed by atoms with E-state index in [-0.39, 0.29) is 6.54 Å². The maximum atomic E-state index is 12.9. The zero-order valence-electron chi connectivity index (χ0n) is 23.6. The van der Waals surface area contributed by atoms with E-state index >= 15 is 0 Å². The number of nitrogens with one attached hydrogen (secondary N) is 1. The lowest BCUT2D eigenvalue weighted by molar-refractivity contribution is -0.120. The van der Waals surface area contributed by atoms with Crippen molar-refractivity contribution in [1.29, 1.82) is 5.41 Å². The number of benzene rings is 5. The second-order valence-electron chi connectivity index (χ2n) is 10.7. The number of Topliss-reactive ketones (excluding diaryl/α,β-unsaturated/α-hetero) is 1. The maximum Gasteiger partial charge on any atom is 0.222 e. The van der Waals surface area contributed by atoms with E-state index < -0.39 is 12.0 Å². The molecule has 0 bridgehead atoms. The molecule has 0 fully saturated rings. The first kappa shape index (κ1) is 27.1. The van der Waals surface area contributed by atoms with Crippen LogP contribution in [0.1, 0.15) is 16.7 Å². The third-order valence-corrected chi connectivity index (χ3v) is 7.74. The van der Waals surface area contributed by atoms with Gasteiger partial charge in [0.05, 0.1) is 11.9 Å². The molecule has 206 valence electrons. The molecule has 1 unspecified atom stereocenters. The van der Waals surface area contributed by atoms with Crippen molar-refractivity contribution in [2.75, 3.05) is 4.90 Å². The first-order valence-electron chi connectivity index (χ1n) is 14.0. The van der Waals surface area contributed by atoms with Gasteiger partial charge in [-0.05, 0) is 70.3 Å². The number of anilines is 1. The summed E-state index contributed by atoms with van der Waals surface area (Å²) in [6.07, 6.45) is -0.921. The van der Waals surface area contributed by atoms with Gasteiger partial charge in [-0.25, -0.2) is 4.98 Å². The average Bonchev–Trinajstić information content (AvgIpc) is 3.02. The minimum atomic E-state index is -1.59. The molecule has 0 spiro atoms. The smallest absolute Gasteiger partial charge is 0.222 e. The highest BCUT2D eigenvalue weighted by atomic mass is 16.3. The van der Waals surface area contributed by atoms with Crippen molar-refractivity contribution in [2.45, 2.75) is 26.6 Å². The Hall–Kier alpha value is -5.13. The van der Waals surface area contributed by atoms with E-state index in [1.807, 2.05) is 67.6 Å². The number of aryl methyl sites for hydroxylation is 2. The van der Waals surface area contributed by atoms with Crippen LogP contribution in [0.25, 0.3) is 43.9 Å². The summed E-state index contributed by atoms with van der Waals surface area (Å²) >= 11 is 0. The SMILES string of the molecule is Cc1ccc(-c2cc(-c3ccc(C)cc3)nc(N(Cc3c4ccccc4cc4ccccc34)C(O)C(=O)C=N)c2)cc1. The van der Waals surface area contributed by atoms with Gasteiger partial charge in [0.15, 0.2) is 6.23 Å². The Bertz CT molecular complexity index is 1810. The molecule has 42 heavy (non-hydrogen) atoms. The average molecular weight is 550 g/mol. The second kappa shape index (κ2) is 11.4. The largest absolute Gasteiger partial charge is 0.366 e. The lowest BCUT2D eigenvalue weighted by Gasteiger charge is -2.29. The van der Waals surface area contributed by atoms with Crippen LogP contribution in [0.2, 0.25) is 0 Å². The van der Waals surface area contributed by atoms with Gasteiger partial charge < -0.3 is 15.4 Å². The monoisotopic (exact) mass is 549 g/mol. The van der Waals surface area contributed by atoms with Crippen LogP contribution in [-0.4, -0.2) is 28.3 Å². The Morgan fingerprint density at radius 3 is 1.88 bits per heavy atom. The number of fused-ring (bicyclic) bond motifs is 2. The normalized spacial score (nSPS) is 11.9. The van der Waals surface area contributed by atoms with E-state index in [2.05, 4.69) is 61.5 Å². The van der Waals surface area contributed by atoms with Crippen LogP contribution in [0, 0.1) is 19.3 Å². The molecule has 2 N–H and O–H groups in total. The third-order valence-electron chi connectivity index (χ3n) is 7.74. The fourth-order valence-corrected chi connectivity index (χ4v) is 5.42. The summed E-state index contributed by atoms with van der Waals surface area (Å²) < 4.78 is 0. The summed E-state index contributed by atoms with van der Waals surface area (Å²) in [5, 5.41) is 23.3. The minimum Gasteiger partial charge on any atom is -0.366 e.